The molecule has 4 heteroatoms. The number of anilines is 1. The van der Waals surface area contributed by atoms with Crippen LogP contribution in [0.4, 0.5) is 5.82 Å². The van der Waals surface area contributed by atoms with Gasteiger partial charge in [0.05, 0.1) is 0 Å². The Morgan fingerprint density at radius 3 is 2.53 bits per heavy atom. The zero-order valence-electron chi connectivity index (χ0n) is 9.92. The molecule has 0 radical (unpaired) electrons. The third-order valence-electron chi connectivity index (χ3n) is 2.16. The SMILES string of the molecule is CCCc1nc(NCC)c(C)c(SC)n1. The van der Waals surface area contributed by atoms with Gasteiger partial charge in [0.1, 0.15) is 16.7 Å². The zero-order valence-corrected chi connectivity index (χ0v) is 10.7. The van der Waals surface area contributed by atoms with Crippen molar-refractivity contribution in [2.24, 2.45) is 0 Å². The van der Waals surface area contributed by atoms with Gasteiger partial charge in [0.25, 0.3) is 0 Å². The molecule has 0 aliphatic carbocycles. The van der Waals surface area contributed by atoms with Gasteiger partial charge in [-0.15, -0.1) is 11.8 Å². The molecule has 0 aliphatic heterocycles. The van der Waals surface area contributed by atoms with Gasteiger partial charge in [0, 0.05) is 18.5 Å². The summed E-state index contributed by atoms with van der Waals surface area (Å²) in [7, 11) is 0. The molecule has 0 aromatic carbocycles. The molecule has 0 amide bonds. The van der Waals surface area contributed by atoms with E-state index in [9.17, 15) is 0 Å². The fourth-order valence-electron chi connectivity index (χ4n) is 1.41. The van der Waals surface area contributed by atoms with Gasteiger partial charge < -0.3 is 5.32 Å². The Kier molecular flexibility index (Phi) is 4.88. The van der Waals surface area contributed by atoms with E-state index in [1.165, 1.54) is 0 Å². The molecule has 0 saturated carbocycles. The summed E-state index contributed by atoms with van der Waals surface area (Å²) < 4.78 is 0. The van der Waals surface area contributed by atoms with E-state index in [1.54, 1.807) is 11.8 Å². The van der Waals surface area contributed by atoms with Crippen molar-refractivity contribution in [3.63, 3.8) is 0 Å². The van der Waals surface area contributed by atoms with Crippen LogP contribution in [0.1, 0.15) is 31.7 Å². The molecule has 3 nitrogen and oxygen atoms in total. The lowest BCUT2D eigenvalue weighted by atomic mass is 10.3. The van der Waals surface area contributed by atoms with Crippen molar-refractivity contribution in [1.29, 1.82) is 0 Å². The highest BCUT2D eigenvalue weighted by molar-refractivity contribution is 7.98. The van der Waals surface area contributed by atoms with E-state index in [4.69, 9.17) is 0 Å². The maximum atomic E-state index is 4.54. The molecule has 0 saturated heterocycles. The Labute approximate surface area is 96.1 Å². The van der Waals surface area contributed by atoms with Gasteiger partial charge in [-0.3, -0.25) is 0 Å². The van der Waals surface area contributed by atoms with E-state index in [0.29, 0.717) is 0 Å². The minimum absolute atomic E-state index is 0.900. The quantitative estimate of drug-likeness (QED) is 0.617. The van der Waals surface area contributed by atoms with E-state index in [1.807, 2.05) is 0 Å². The number of nitrogens with one attached hydrogen (secondary N) is 1. The minimum Gasteiger partial charge on any atom is -0.370 e. The van der Waals surface area contributed by atoms with Gasteiger partial charge in [-0.05, 0) is 26.5 Å². The van der Waals surface area contributed by atoms with Crippen LogP contribution in [0.15, 0.2) is 5.03 Å². The fourth-order valence-corrected chi connectivity index (χ4v) is 2.01. The van der Waals surface area contributed by atoms with Crippen LogP contribution in [-0.2, 0) is 6.42 Å². The molecule has 0 aliphatic rings. The van der Waals surface area contributed by atoms with Crippen LogP contribution in [0.25, 0.3) is 0 Å². The molecular formula is C11H19N3S. The van der Waals surface area contributed by atoms with Crippen molar-refractivity contribution in [3.05, 3.63) is 11.4 Å². The fraction of sp³-hybridized carbons (Fsp3) is 0.636. The number of hydrogen-bond acceptors (Lipinski definition) is 4. The molecule has 1 aromatic rings. The molecule has 0 unspecified atom stereocenters. The van der Waals surface area contributed by atoms with Crippen LogP contribution in [0.5, 0.6) is 0 Å². The van der Waals surface area contributed by atoms with Gasteiger partial charge in [0.2, 0.25) is 0 Å². The molecule has 1 aromatic heterocycles. The summed E-state index contributed by atoms with van der Waals surface area (Å²) >= 11 is 1.68. The molecule has 15 heavy (non-hydrogen) atoms. The minimum atomic E-state index is 0.900. The third-order valence-corrected chi connectivity index (χ3v) is 2.94. The third kappa shape index (κ3) is 3.09. The van der Waals surface area contributed by atoms with Crippen molar-refractivity contribution in [2.75, 3.05) is 18.1 Å². The van der Waals surface area contributed by atoms with Crippen LogP contribution in [0.3, 0.4) is 0 Å². The lowest BCUT2D eigenvalue weighted by Gasteiger charge is -2.11. The number of nitrogens with zero attached hydrogens (tertiary/aromatic N) is 2. The van der Waals surface area contributed by atoms with Crippen molar-refractivity contribution >= 4 is 17.6 Å². The monoisotopic (exact) mass is 225 g/mol. The molecule has 0 bridgehead atoms. The highest BCUT2D eigenvalue weighted by atomic mass is 32.2. The number of hydrogen-bond donors (Lipinski definition) is 1. The summed E-state index contributed by atoms with van der Waals surface area (Å²) in [6, 6.07) is 0. The summed E-state index contributed by atoms with van der Waals surface area (Å²) in [5, 5.41) is 4.37. The van der Waals surface area contributed by atoms with E-state index < -0.39 is 0 Å². The van der Waals surface area contributed by atoms with Crippen molar-refractivity contribution in [2.45, 2.75) is 38.6 Å². The summed E-state index contributed by atoms with van der Waals surface area (Å²) in [5.41, 5.74) is 1.16. The Hall–Kier alpha value is -0.770. The highest BCUT2D eigenvalue weighted by Crippen LogP contribution is 2.23. The summed E-state index contributed by atoms with van der Waals surface area (Å²) in [5.74, 6) is 1.93. The second kappa shape index (κ2) is 5.95. The van der Waals surface area contributed by atoms with Gasteiger partial charge >= 0.3 is 0 Å². The van der Waals surface area contributed by atoms with Gasteiger partial charge in [0.15, 0.2) is 0 Å². The van der Waals surface area contributed by atoms with E-state index >= 15 is 0 Å². The number of aromatic nitrogens is 2. The first-order valence-electron chi connectivity index (χ1n) is 5.38. The Bertz CT molecular complexity index is 326. The average molecular weight is 225 g/mol. The maximum Gasteiger partial charge on any atom is 0.133 e. The van der Waals surface area contributed by atoms with E-state index in [0.717, 1.165) is 41.6 Å². The predicted octanol–water partition coefficient (Wildman–Crippen LogP) is 2.89. The topological polar surface area (TPSA) is 37.8 Å². The molecule has 1 heterocycles. The average Bonchev–Trinajstić information content (AvgIpc) is 2.23. The lowest BCUT2D eigenvalue weighted by Crippen LogP contribution is -2.07. The number of rotatable bonds is 5. The van der Waals surface area contributed by atoms with Crippen LogP contribution in [0, 0.1) is 6.92 Å². The first-order valence-corrected chi connectivity index (χ1v) is 6.60. The molecule has 0 atom stereocenters. The Morgan fingerprint density at radius 1 is 1.27 bits per heavy atom. The standard InChI is InChI=1S/C11H19N3S/c1-5-7-9-13-10(12-6-2)8(3)11(14-9)15-4/h5-7H2,1-4H3,(H,12,13,14). The molecule has 1 rings (SSSR count). The lowest BCUT2D eigenvalue weighted by molar-refractivity contribution is 0.802. The second-order valence-electron chi connectivity index (χ2n) is 3.40. The Balaban J connectivity index is 3.07. The maximum absolute atomic E-state index is 4.54. The normalized spacial score (nSPS) is 10.4. The molecule has 1 N–H and O–H groups in total. The molecule has 84 valence electrons. The van der Waals surface area contributed by atoms with Crippen LogP contribution < -0.4 is 5.32 Å². The van der Waals surface area contributed by atoms with Crippen molar-refractivity contribution in [1.82, 2.24) is 9.97 Å². The summed E-state index contributed by atoms with van der Waals surface area (Å²) in [6.07, 6.45) is 4.09. The van der Waals surface area contributed by atoms with Gasteiger partial charge in [-0.25, -0.2) is 9.97 Å². The van der Waals surface area contributed by atoms with Crippen molar-refractivity contribution < 1.29 is 0 Å². The first-order chi connectivity index (χ1) is 7.22. The summed E-state index contributed by atoms with van der Waals surface area (Å²) in [4.78, 5) is 9.06. The molecular weight excluding hydrogens is 206 g/mol. The molecule has 0 spiro atoms. The van der Waals surface area contributed by atoms with Gasteiger partial charge in [-0.2, -0.15) is 0 Å². The summed E-state index contributed by atoms with van der Waals surface area (Å²) in [6.45, 7) is 7.20. The smallest absolute Gasteiger partial charge is 0.133 e. The highest BCUT2D eigenvalue weighted by Gasteiger charge is 2.08. The molecule has 0 fully saturated rings. The predicted molar refractivity (Wildman–Crippen MR) is 66.7 cm³/mol. The van der Waals surface area contributed by atoms with E-state index in [-0.39, 0.29) is 0 Å². The second-order valence-corrected chi connectivity index (χ2v) is 4.20. The number of thioether (sulfide) groups is 1. The van der Waals surface area contributed by atoms with Crippen LogP contribution in [-0.4, -0.2) is 22.8 Å². The van der Waals surface area contributed by atoms with Crippen LogP contribution >= 0.6 is 11.8 Å². The Morgan fingerprint density at radius 2 is 2.00 bits per heavy atom. The van der Waals surface area contributed by atoms with Crippen molar-refractivity contribution in [3.8, 4) is 0 Å². The van der Waals surface area contributed by atoms with Gasteiger partial charge in [-0.1, -0.05) is 6.92 Å². The zero-order chi connectivity index (χ0) is 11.3. The number of aryl methyl sites for hydroxylation is 1. The largest absolute Gasteiger partial charge is 0.370 e. The first kappa shape index (κ1) is 12.3. The van der Waals surface area contributed by atoms with E-state index in [2.05, 4.69) is 42.3 Å². The van der Waals surface area contributed by atoms with Crippen LogP contribution in [0.2, 0.25) is 0 Å².